The zero-order valence-corrected chi connectivity index (χ0v) is 19.1. The van der Waals surface area contributed by atoms with Gasteiger partial charge in [0, 0.05) is 13.6 Å². The molecule has 1 aliphatic rings. The predicted molar refractivity (Wildman–Crippen MR) is 124 cm³/mol. The monoisotopic (exact) mass is 466 g/mol. The average Bonchev–Trinajstić information content (AvgIpc) is 2.84. The van der Waals surface area contributed by atoms with E-state index in [4.69, 9.17) is 9.47 Å². The summed E-state index contributed by atoms with van der Waals surface area (Å²) in [6.07, 6.45) is -0.345. The molecule has 0 saturated carbocycles. The third-order valence-electron chi connectivity index (χ3n) is 5.37. The molecular formula is C25H26N2O5S. The van der Waals surface area contributed by atoms with Crippen LogP contribution in [0, 0.1) is 0 Å². The van der Waals surface area contributed by atoms with Crippen LogP contribution >= 0.6 is 0 Å². The quantitative estimate of drug-likeness (QED) is 0.510. The smallest absolute Gasteiger partial charge is 0.243 e. The zero-order chi connectivity index (χ0) is 23.3. The van der Waals surface area contributed by atoms with Crippen molar-refractivity contribution >= 4 is 15.9 Å². The van der Waals surface area contributed by atoms with E-state index < -0.39 is 10.0 Å². The summed E-state index contributed by atoms with van der Waals surface area (Å²) in [6.45, 7) is 0.392. The van der Waals surface area contributed by atoms with Crippen molar-refractivity contribution in [3.63, 3.8) is 0 Å². The number of likely N-dealkylation sites (N-methyl/N-ethyl adjacent to an activating group) is 1. The van der Waals surface area contributed by atoms with E-state index in [-0.39, 0.29) is 36.5 Å². The van der Waals surface area contributed by atoms with Crippen LogP contribution in [-0.2, 0) is 21.4 Å². The van der Waals surface area contributed by atoms with Gasteiger partial charge in [0.1, 0.15) is 6.61 Å². The minimum atomic E-state index is -3.87. The van der Waals surface area contributed by atoms with E-state index in [1.54, 1.807) is 25.2 Å². The third kappa shape index (κ3) is 5.53. The Kier molecular flexibility index (Phi) is 6.96. The summed E-state index contributed by atoms with van der Waals surface area (Å²) in [4.78, 5) is 14.7. The van der Waals surface area contributed by atoms with Gasteiger partial charge in [-0.25, -0.2) is 8.42 Å². The minimum Gasteiger partial charge on any atom is -0.486 e. The summed E-state index contributed by atoms with van der Waals surface area (Å²) < 4.78 is 39.5. The Labute approximate surface area is 194 Å². The van der Waals surface area contributed by atoms with Crippen molar-refractivity contribution < 1.29 is 22.7 Å². The maximum Gasteiger partial charge on any atom is 0.243 e. The van der Waals surface area contributed by atoms with Crippen LogP contribution in [0.15, 0.2) is 89.8 Å². The van der Waals surface area contributed by atoms with Crippen molar-refractivity contribution in [3.8, 4) is 11.5 Å². The number of sulfonamides is 1. The third-order valence-corrected chi connectivity index (χ3v) is 7.17. The summed E-state index contributed by atoms with van der Waals surface area (Å²) in [6, 6.07) is 24.8. The lowest BCUT2D eigenvalue weighted by Crippen LogP contribution is -2.46. The van der Waals surface area contributed by atoms with Crippen molar-refractivity contribution in [2.24, 2.45) is 0 Å². The molecule has 0 fully saturated rings. The molecule has 0 radical (unpaired) electrons. The predicted octanol–water partition coefficient (Wildman–Crippen LogP) is 3.18. The normalized spacial score (nSPS) is 15.3. The zero-order valence-electron chi connectivity index (χ0n) is 18.3. The highest BCUT2D eigenvalue weighted by atomic mass is 32.2. The van der Waals surface area contributed by atoms with Crippen molar-refractivity contribution in [1.82, 2.24) is 9.21 Å². The van der Waals surface area contributed by atoms with Crippen molar-refractivity contribution in [3.05, 3.63) is 90.5 Å². The van der Waals surface area contributed by atoms with Gasteiger partial charge < -0.3 is 14.4 Å². The Morgan fingerprint density at radius 2 is 1.52 bits per heavy atom. The molecule has 0 aliphatic carbocycles. The molecular weight excluding hydrogens is 440 g/mol. The fourth-order valence-electron chi connectivity index (χ4n) is 3.59. The topological polar surface area (TPSA) is 76.2 Å². The Hall–Kier alpha value is -3.36. The first kappa shape index (κ1) is 22.8. The highest BCUT2D eigenvalue weighted by molar-refractivity contribution is 7.89. The molecule has 7 nitrogen and oxygen atoms in total. The first-order chi connectivity index (χ1) is 15.9. The number of carbonyl (C=O) groups excluding carboxylic acids is 1. The van der Waals surface area contributed by atoms with Crippen LogP contribution in [0.2, 0.25) is 0 Å². The van der Waals surface area contributed by atoms with Gasteiger partial charge in [0.05, 0.1) is 18.0 Å². The first-order valence-corrected chi connectivity index (χ1v) is 12.1. The number of benzene rings is 3. The van der Waals surface area contributed by atoms with Crippen LogP contribution in [0.1, 0.15) is 5.56 Å². The van der Waals surface area contributed by atoms with Crippen LogP contribution in [0.4, 0.5) is 0 Å². The standard InChI is InChI=1S/C25H26N2O5S/c1-26(17-21-19-31-23-14-8-9-15-24(23)32-21)25(28)18-27(16-20-10-4-2-5-11-20)33(29,30)22-12-6-3-7-13-22/h2-15,21H,16-19H2,1H3. The van der Waals surface area contributed by atoms with Gasteiger partial charge in [-0.2, -0.15) is 4.31 Å². The molecule has 1 unspecified atom stereocenters. The molecule has 0 N–H and O–H groups in total. The number of carbonyl (C=O) groups is 1. The molecule has 1 amide bonds. The van der Waals surface area contributed by atoms with Crippen LogP contribution in [0.5, 0.6) is 11.5 Å². The molecule has 0 saturated heterocycles. The van der Waals surface area contributed by atoms with Crippen molar-refractivity contribution in [1.29, 1.82) is 0 Å². The Morgan fingerprint density at radius 1 is 0.909 bits per heavy atom. The molecule has 172 valence electrons. The van der Waals surface area contributed by atoms with Crippen molar-refractivity contribution in [2.75, 3.05) is 26.7 Å². The number of hydrogen-bond donors (Lipinski definition) is 0. The van der Waals surface area contributed by atoms with Gasteiger partial charge in [-0.15, -0.1) is 0 Å². The Bertz CT molecular complexity index is 1190. The summed E-state index contributed by atoms with van der Waals surface area (Å²) in [5.74, 6) is 0.977. The summed E-state index contributed by atoms with van der Waals surface area (Å²) in [5, 5.41) is 0. The lowest BCUT2D eigenvalue weighted by atomic mass is 10.2. The van der Waals surface area contributed by atoms with Crippen molar-refractivity contribution in [2.45, 2.75) is 17.5 Å². The van der Waals surface area contributed by atoms with E-state index in [1.165, 1.54) is 21.3 Å². The lowest BCUT2D eigenvalue weighted by Gasteiger charge is -2.30. The maximum absolute atomic E-state index is 13.3. The van der Waals surface area contributed by atoms with Gasteiger partial charge in [0.2, 0.25) is 15.9 Å². The molecule has 1 heterocycles. The van der Waals surface area contributed by atoms with E-state index >= 15 is 0 Å². The lowest BCUT2D eigenvalue weighted by molar-refractivity contribution is -0.131. The highest BCUT2D eigenvalue weighted by Crippen LogP contribution is 2.31. The second-order valence-electron chi connectivity index (χ2n) is 7.84. The van der Waals surface area contributed by atoms with E-state index in [9.17, 15) is 13.2 Å². The summed E-state index contributed by atoms with van der Waals surface area (Å²) in [5.41, 5.74) is 0.799. The van der Waals surface area contributed by atoms with Gasteiger partial charge >= 0.3 is 0 Å². The molecule has 1 aliphatic heterocycles. The maximum atomic E-state index is 13.3. The second kappa shape index (κ2) is 10.1. The van der Waals surface area contributed by atoms with E-state index in [2.05, 4.69) is 0 Å². The number of hydrogen-bond acceptors (Lipinski definition) is 5. The number of amides is 1. The molecule has 1 atom stereocenters. The van der Waals surface area contributed by atoms with Gasteiger partial charge in [0.15, 0.2) is 17.6 Å². The summed E-state index contributed by atoms with van der Waals surface area (Å²) >= 11 is 0. The fourth-order valence-corrected chi connectivity index (χ4v) is 4.98. The molecule has 0 spiro atoms. The summed E-state index contributed by atoms with van der Waals surface area (Å²) in [7, 11) is -2.23. The van der Waals surface area contributed by atoms with Crippen LogP contribution in [0.25, 0.3) is 0 Å². The highest BCUT2D eigenvalue weighted by Gasteiger charge is 2.29. The van der Waals surface area contributed by atoms with Crippen LogP contribution in [-0.4, -0.2) is 56.4 Å². The second-order valence-corrected chi connectivity index (χ2v) is 9.78. The molecule has 3 aromatic carbocycles. The molecule has 0 aromatic heterocycles. The van der Waals surface area contributed by atoms with Crippen LogP contribution in [0.3, 0.4) is 0 Å². The van der Waals surface area contributed by atoms with Gasteiger partial charge in [-0.3, -0.25) is 4.79 Å². The largest absolute Gasteiger partial charge is 0.486 e. The fraction of sp³-hybridized carbons (Fsp3) is 0.240. The SMILES string of the molecule is CN(CC1COc2ccccc2O1)C(=O)CN(Cc1ccccc1)S(=O)(=O)c1ccccc1. The molecule has 3 aromatic rings. The average molecular weight is 467 g/mol. The number of rotatable bonds is 8. The number of ether oxygens (including phenoxy) is 2. The molecule has 0 bridgehead atoms. The van der Waals surface area contributed by atoms with E-state index in [0.29, 0.717) is 18.1 Å². The molecule has 4 rings (SSSR count). The Balaban J connectivity index is 1.47. The number of para-hydroxylation sites is 2. The van der Waals surface area contributed by atoms with E-state index in [1.807, 2.05) is 54.6 Å². The number of fused-ring (bicyclic) bond motifs is 1. The minimum absolute atomic E-state index is 0.0913. The van der Waals surface area contributed by atoms with Gasteiger partial charge in [0.25, 0.3) is 0 Å². The number of nitrogens with zero attached hydrogens (tertiary/aromatic N) is 2. The Morgan fingerprint density at radius 3 is 2.21 bits per heavy atom. The van der Waals surface area contributed by atoms with E-state index in [0.717, 1.165) is 5.56 Å². The van der Waals surface area contributed by atoms with Gasteiger partial charge in [-0.05, 0) is 29.8 Å². The van der Waals surface area contributed by atoms with Gasteiger partial charge in [-0.1, -0.05) is 60.7 Å². The van der Waals surface area contributed by atoms with Crippen LogP contribution < -0.4 is 9.47 Å². The first-order valence-electron chi connectivity index (χ1n) is 10.6. The molecule has 8 heteroatoms. The molecule has 33 heavy (non-hydrogen) atoms.